The van der Waals surface area contributed by atoms with Crippen molar-refractivity contribution in [1.82, 2.24) is 10.2 Å². The summed E-state index contributed by atoms with van der Waals surface area (Å²) < 4.78 is 4.75. The third kappa shape index (κ3) is 1.48. The van der Waals surface area contributed by atoms with Crippen molar-refractivity contribution in [2.75, 3.05) is 18.6 Å². The van der Waals surface area contributed by atoms with E-state index in [2.05, 4.69) is 10.2 Å². The zero-order valence-corrected chi connectivity index (χ0v) is 9.20. The van der Waals surface area contributed by atoms with Crippen LogP contribution in [0.4, 0.5) is 5.69 Å². The van der Waals surface area contributed by atoms with Crippen molar-refractivity contribution < 1.29 is 9.53 Å². The molecule has 0 amide bonds. The summed E-state index contributed by atoms with van der Waals surface area (Å²) >= 11 is 0. The van der Waals surface area contributed by atoms with E-state index in [-0.39, 0.29) is 12.0 Å². The number of H-pyrrole nitrogens is 1. The number of anilines is 1. The lowest BCUT2D eigenvalue weighted by molar-refractivity contribution is -0.143. The highest BCUT2D eigenvalue weighted by Gasteiger charge is 2.37. The van der Waals surface area contributed by atoms with Crippen LogP contribution in [0.25, 0.3) is 0 Å². The number of esters is 1. The van der Waals surface area contributed by atoms with Crippen molar-refractivity contribution in [1.29, 1.82) is 0 Å². The Bertz CT molecular complexity index is 367. The molecule has 1 aromatic rings. The smallest absolute Gasteiger partial charge is 0.328 e. The molecule has 1 aromatic heterocycles. The van der Waals surface area contributed by atoms with Gasteiger partial charge in [0.05, 0.1) is 24.2 Å². The van der Waals surface area contributed by atoms with Crippen LogP contribution in [0.15, 0.2) is 0 Å². The summed E-state index contributed by atoms with van der Waals surface area (Å²) in [4.78, 5) is 13.5. The molecule has 0 saturated carbocycles. The summed E-state index contributed by atoms with van der Waals surface area (Å²) in [5.74, 6) is -0.166. The average molecular weight is 209 g/mol. The molecule has 0 aromatic carbocycles. The Morgan fingerprint density at radius 2 is 2.33 bits per heavy atom. The molecule has 1 aliphatic rings. The molecule has 5 heteroatoms. The SMILES string of the molecule is COC(=O)C1CCN1c1c(C)n[nH]c1C. The van der Waals surface area contributed by atoms with Gasteiger partial charge in [-0.3, -0.25) is 5.10 Å². The second kappa shape index (κ2) is 3.56. The Morgan fingerprint density at radius 3 is 2.73 bits per heavy atom. The van der Waals surface area contributed by atoms with E-state index in [1.807, 2.05) is 18.7 Å². The van der Waals surface area contributed by atoms with Gasteiger partial charge in [-0.1, -0.05) is 0 Å². The number of carbonyl (C=O) groups is 1. The number of aromatic amines is 1. The minimum atomic E-state index is -0.166. The summed E-state index contributed by atoms with van der Waals surface area (Å²) in [6.07, 6.45) is 0.858. The summed E-state index contributed by atoms with van der Waals surface area (Å²) in [5, 5.41) is 7.04. The van der Waals surface area contributed by atoms with Gasteiger partial charge in [-0.2, -0.15) is 5.10 Å². The van der Waals surface area contributed by atoms with E-state index in [9.17, 15) is 4.79 Å². The lowest BCUT2D eigenvalue weighted by Gasteiger charge is -2.40. The summed E-state index contributed by atoms with van der Waals surface area (Å²) in [5.41, 5.74) is 2.97. The Labute approximate surface area is 88.4 Å². The number of ether oxygens (including phenoxy) is 1. The molecule has 2 heterocycles. The van der Waals surface area contributed by atoms with Crippen LogP contribution in [0, 0.1) is 13.8 Å². The molecule has 0 radical (unpaired) electrons. The monoisotopic (exact) mass is 209 g/mol. The minimum Gasteiger partial charge on any atom is -0.467 e. The Balaban J connectivity index is 2.22. The van der Waals surface area contributed by atoms with Crippen LogP contribution in [0.5, 0.6) is 0 Å². The molecule has 1 aliphatic heterocycles. The maximum atomic E-state index is 11.4. The average Bonchev–Trinajstić information content (AvgIpc) is 2.48. The molecule has 82 valence electrons. The van der Waals surface area contributed by atoms with Crippen molar-refractivity contribution in [2.24, 2.45) is 0 Å². The van der Waals surface area contributed by atoms with Crippen LogP contribution in [0.2, 0.25) is 0 Å². The number of hydrogen-bond acceptors (Lipinski definition) is 4. The van der Waals surface area contributed by atoms with Gasteiger partial charge < -0.3 is 9.64 Å². The predicted octanol–water partition coefficient (Wildman–Crippen LogP) is 0.778. The van der Waals surface area contributed by atoms with E-state index in [1.165, 1.54) is 7.11 Å². The lowest BCUT2D eigenvalue weighted by atomic mass is 10.0. The molecule has 1 fully saturated rings. The minimum absolute atomic E-state index is 0.134. The van der Waals surface area contributed by atoms with Gasteiger partial charge in [0.1, 0.15) is 6.04 Å². The maximum Gasteiger partial charge on any atom is 0.328 e. The first-order valence-electron chi connectivity index (χ1n) is 5.01. The Kier molecular flexibility index (Phi) is 2.38. The number of aryl methyl sites for hydroxylation is 2. The standard InChI is InChI=1S/C10H15N3O2/c1-6-9(7(2)12-11-6)13-5-4-8(13)10(14)15-3/h8H,4-5H2,1-3H3,(H,11,12). The van der Waals surface area contributed by atoms with Gasteiger partial charge in [-0.25, -0.2) is 4.79 Å². The highest BCUT2D eigenvalue weighted by atomic mass is 16.5. The molecular formula is C10H15N3O2. The Hall–Kier alpha value is -1.52. The fraction of sp³-hybridized carbons (Fsp3) is 0.600. The second-order valence-electron chi connectivity index (χ2n) is 3.80. The third-order valence-corrected chi connectivity index (χ3v) is 2.87. The number of methoxy groups -OCH3 is 1. The number of nitrogens with one attached hydrogen (secondary N) is 1. The molecule has 0 aliphatic carbocycles. The zero-order chi connectivity index (χ0) is 11.0. The largest absolute Gasteiger partial charge is 0.467 e. The van der Waals surface area contributed by atoms with Crippen LogP contribution in [0.3, 0.4) is 0 Å². The van der Waals surface area contributed by atoms with Crippen LogP contribution in [-0.2, 0) is 9.53 Å². The molecule has 1 atom stereocenters. The third-order valence-electron chi connectivity index (χ3n) is 2.87. The summed E-state index contributed by atoms with van der Waals surface area (Å²) in [6, 6.07) is -0.134. The van der Waals surface area contributed by atoms with Crippen molar-refractivity contribution in [3.63, 3.8) is 0 Å². The fourth-order valence-corrected chi connectivity index (χ4v) is 2.00. The van der Waals surface area contributed by atoms with Gasteiger partial charge in [-0.05, 0) is 20.3 Å². The number of hydrogen-bond donors (Lipinski definition) is 1. The highest BCUT2D eigenvalue weighted by molar-refractivity contribution is 5.82. The van der Waals surface area contributed by atoms with Gasteiger partial charge in [0.2, 0.25) is 0 Å². The quantitative estimate of drug-likeness (QED) is 0.731. The predicted molar refractivity (Wildman–Crippen MR) is 55.8 cm³/mol. The Morgan fingerprint density at radius 1 is 1.60 bits per heavy atom. The van der Waals surface area contributed by atoms with E-state index in [0.717, 1.165) is 30.0 Å². The van der Waals surface area contributed by atoms with Crippen molar-refractivity contribution in [3.8, 4) is 0 Å². The first kappa shape index (κ1) is 10.0. The summed E-state index contributed by atoms with van der Waals surface area (Å²) in [6.45, 7) is 4.79. The zero-order valence-electron chi connectivity index (χ0n) is 9.20. The van der Waals surface area contributed by atoms with E-state index in [0.29, 0.717) is 0 Å². The van der Waals surface area contributed by atoms with Crippen molar-refractivity contribution in [3.05, 3.63) is 11.4 Å². The van der Waals surface area contributed by atoms with Crippen LogP contribution >= 0.6 is 0 Å². The van der Waals surface area contributed by atoms with Crippen molar-refractivity contribution in [2.45, 2.75) is 26.3 Å². The van der Waals surface area contributed by atoms with E-state index in [4.69, 9.17) is 4.74 Å². The molecule has 1 unspecified atom stereocenters. The first-order valence-corrected chi connectivity index (χ1v) is 5.01. The van der Waals surface area contributed by atoms with E-state index >= 15 is 0 Å². The second-order valence-corrected chi connectivity index (χ2v) is 3.80. The molecular weight excluding hydrogens is 194 g/mol. The van der Waals surface area contributed by atoms with Gasteiger partial charge in [0, 0.05) is 6.54 Å². The summed E-state index contributed by atoms with van der Waals surface area (Å²) in [7, 11) is 1.42. The molecule has 1 saturated heterocycles. The number of rotatable bonds is 2. The van der Waals surface area contributed by atoms with Crippen molar-refractivity contribution >= 4 is 11.7 Å². The molecule has 5 nitrogen and oxygen atoms in total. The maximum absolute atomic E-state index is 11.4. The first-order chi connectivity index (χ1) is 7.15. The normalized spacial score (nSPS) is 19.9. The molecule has 0 bridgehead atoms. The van der Waals surface area contributed by atoms with Crippen LogP contribution < -0.4 is 4.90 Å². The fourth-order valence-electron chi connectivity index (χ4n) is 2.00. The molecule has 2 rings (SSSR count). The molecule has 1 N–H and O–H groups in total. The number of aromatic nitrogens is 2. The molecule has 0 spiro atoms. The van der Waals surface area contributed by atoms with Gasteiger partial charge >= 0.3 is 5.97 Å². The van der Waals surface area contributed by atoms with Gasteiger partial charge in [-0.15, -0.1) is 0 Å². The highest BCUT2D eigenvalue weighted by Crippen LogP contribution is 2.31. The van der Waals surface area contributed by atoms with Gasteiger partial charge in [0.25, 0.3) is 0 Å². The van der Waals surface area contributed by atoms with E-state index < -0.39 is 0 Å². The van der Waals surface area contributed by atoms with Crippen LogP contribution in [0.1, 0.15) is 17.8 Å². The van der Waals surface area contributed by atoms with E-state index in [1.54, 1.807) is 0 Å². The number of nitrogens with zero attached hydrogens (tertiary/aromatic N) is 2. The number of carbonyl (C=O) groups excluding carboxylic acids is 1. The molecule has 15 heavy (non-hydrogen) atoms. The topological polar surface area (TPSA) is 58.2 Å². The van der Waals surface area contributed by atoms with Crippen LogP contribution in [-0.4, -0.2) is 35.9 Å². The van der Waals surface area contributed by atoms with Gasteiger partial charge in [0.15, 0.2) is 0 Å². The lowest BCUT2D eigenvalue weighted by Crippen LogP contribution is -2.53.